The number of furan rings is 1. The third-order valence-electron chi connectivity index (χ3n) is 11.0. The Kier molecular flexibility index (Phi) is 6.90. The van der Waals surface area contributed by atoms with E-state index in [9.17, 15) is 0 Å². The monoisotopic (exact) mass is 687 g/mol. The predicted molar refractivity (Wildman–Crippen MR) is 227 cm³/mol. The number of rotatable bonds is 5. The highest BCUT2D eigenvalue weighted by Crippen LogP contribution is 2.43. The molecule has 2 heteroatoms. The van der Waals surface area contributed by atoms with Crippen LogP contribution in [0.15, 0.2) is 205 Å². The van der Waals surface area contributed by atoms with Crippen LogP contribution in [0.25, 0.3) is 105 Å². The summed E-state index contributed by atoms with van der Waals surface area (Å²) in [6.07, 6.45) is 0. The first kappa shape index (κ1) is 30.5. The van der Waals surface area contributed by atoms with Gasteiger partial charge in [0, 0.05) is 27.2 Å². The Bertz CT molecular complexity index is 3200. The predicted octanol–water partition coefficient (Wildman–Crippen LogP) is 14.5. The summed E-state index contributed by atoms with van der Waals surface area (Å²) in [7, 11) is 0. The Labute approximate surface area is 312 Å². The molecule has 0 aliphatic rings. The molecule has 0 radical (unpaired) electrons. The first-order valence-corrected chi connectivity index (χ1v) is 18.5. The van der Waals surface area contributed by atoms with Gasteiger partial charge in [-0.05, 0) is 116 Å². The van der Waals surface area contributed by atoms with E-state index in [2.05, 4.69) is 199 Å². The van der Waals surface area contributed by atoms with Crippen LogP contribution in [0.2, 0.25) is 0 Å². The Hall–Kier alpha value is -7.16. The van der Waals surface area contributed by atoms with E-state index in [0.717, 1.165) is 44.3 Å². The molecule has 0 saturated heterocycles. The van der Waals surface area contributed by atoms with Gasteiger partial charge in [0.2, 0.25) is 0 Å². The largest absolute Gasteiger partial charge is 0.456 e. The lowest BCUT2D eigenvalue weighted by Crippen LogP contribution is -1.93. The van der Waals surface area contributed by atoms with Crippen LogP contribution >= 0.6 is 0 Å². The molecule has 54 heavy (non-hydrogen) atoms. The fourth-order valence-electron chi connectivity index (χ4n) is 8.45. The van der Waals surface area contributed by atoms with Crippen LogP contribution in [0.1, 0.15) is 0 Å². The molecule has 11 aromatic rings. The number of para-hydroxylation sites is 2. The summed E-state index contributed by atoms with van der Waals surface area (Å²) >= 11 is 0. The van der Waals surface area contributed by atoms with E-state index in [-0.39, 0.29) is 0 Å². The average molecular weight is 688 g/mol. The number of benzene rings is 9. The van der Waals surface area contributed by atoms with Crippen LogP contribution in [0.4, 0.5) is 0 Å². The number of hydrogen-bond acceptors (Lipinski definition) is 1. The fourth-order valence-corrected chi connectivity index (χ4v) is 8.45. The summed E-state index contributed by atoms with van der Waals surface area (Å²) in [6.45, 7) is 0. The molecule has 2 nitrogen and oxygen atoms in total. The summed E-state index contributed by atoms with van der Waals surface area (Å²) in [5.74, 6) is 0. The second-order valence-corrected chi connectivity index (χ2v) is 14.1. The fraction of sp³-hybridized carbons (Fsp3) is 0. The first-order chi connectivity index (χ1) is 26.8. The normalized spacial score (nSPS) is 11.7. The molecule has 0 atom stereocenters. The minimum Gasteiger partial charge on any atom is -0.456 e. The molecule has 9 aromatic carbocycles. The summed E-state index contributed by atoms with van der Waals surface area (Å²) in [4.78, 5) is 0. The molecule has 0 saturated carbocycles. The number of hydrogen-bond donors (Lipinski definition) is 0. The van der Waals surface area contributed by atoms with Crippen LogP contribution in [0, 0.1) is 0 Å². The van der Waals surface area contributed by atoms with E-state index in [1.54, 1.807) is 0 Å². The van der Waals surface area contributed by atoms with Crippen molar-refractivity contribution in [3.8, 4) is 50.2 Å². The molecule has 2 heterocycles. The molecule has 2 aromatic heterocycles. The highest BCUT2D eigenvalue weighted by atomic mass is 16.3. The molecule has 11 rings (SSSR count). The molecule has 0 N–H and O–H groups in total. The van der Waals surface area contributed by atoms with Crippen molar-refractivity contribution in [3.05, 3.63) is 200 Å². The van der Waals surface area contributed by atoms with Crippen LogP contribution in [-0.4, -0.2) is 4.57 Å². The lowest BCUT2D eigenvalue weighted by Gasteiger charge is -2.12. The van der Waals surface area contributed by atoms with E-state index >= 15 is 0 Å². The van der Waals surface area contributed by atoms with Gasteiger partial charge in [-0.2, -0.15) is 0 Å². The van der Waals surface area contributed by atoms with E-state index in [0.29, 0.717) is 0 Å². The highest BCUT2D eigenvalue weighted by Gasteiger charge is 2.18. The zero-order chi connectivity index (χ0) is 35.6. The SMILES string of the molecule is c1ccc(-c2cccc(-c3cc(-c4cccc(-c5ccc6c(c5)c5c7ccccc7ccc5n6-c5ccccc5)c4)cc4oc5ccccc5c34)c2)cc1. The Morgan fingerprint density at radius 3 is 1.76 bits per heavy atom. The van der Waals surface area contributed by atoms with Crippen molar-refractivity contribution >= 4 is 54.5 Å². The lowest BCUT2D eigenvalue weighted by atomic mass is 9.91. The van der Waals surface area contributed by atoms with Crippen LogP contribution < -0.4 is 0 Å². The van der Waals surface area contributed by atoms with Crippen LogP contribution in [0.5, 0.6) is 0 Å². The number of aromatic nitrogens is 1. The molecule has 0 bridgehead atoms. The average Bonchev–Trinajstić information content (AvgIpc) is 3.80. The van der Waals surface area contributed by atoms with Crippen molar-refractivity contribution in [1.29, 1.82) is 0 Å². The van der Waals surface area contributed by atoms with Crippen molar-refractivity contribution in [1.82, 2.24) is 4.57 Å². The molecule has 0 aliphatic carbocycles. The summed E-state index contributed by atoms with van der Waals surface area (Å²) in [6, 6.07) is 72.2. The second-order valence-electron chi connectivity index (χ2n) is 14.1. The maximum atomic E-state index is 6.57. The van der Waals surface area contributed by atoms with Gasteiger partial charge in [0.25, 0.3) is 0 Å². The van der Waals surface area contributed by atoms with E-state index in [4.69, 9.17) is 4.42 Å². The van der Waals surface area contributed by atoms with Gasteiger partial charge in [-0.15, -0.1) is 0 Å². The molecule has 0 fully saturated rings. The highest BCUT2D eigenvalue weighted by molar-refractivity contribution is 6.22. The maximum absolute atomic E-state index is 6.57. The van der Waals surface area contributed by atoms with Crippen LogP contribution in [-0.2, 0) is 0 Å². The smallest absolute Gasteiger partial charge is 0.136 e. The van der Waals surface area contributed by atoms with E-state index in [1.807, 2.05) is 6.07 Å². The summed E-state index contributed by atoms with van der Waals surface area (Å²) < 4.78 is 8.96. The molecule has 0 amide bonds. The third-order valence-corrected chi connectivity index (χ3v) is 11.0. The van der Waals surface area contributed by atoms with Gasteiger partial charge < -0.3 is 8.98 Å². The molecule has 252 valence electrons. The molecular weight excluding hydrogens is 655 g/mol. The van der Waals surface area contributed by atoms with Crippen molar-refractivity contribution in [2.45, 2.75) is 0 Å². The topological polar surface area (TPSA) is 18.1 Å². The molecular formula is C52H33NO. The minimum atomic E-state index is 0.890. The van der Waals surface area contributed by atoms with Gasteiger partial charge in [-0.25, -0.2) is 0 Å². The Balaban J connectivity index is 1.09. The van der Waals surface area contributed by atoms with Crippen LogP contribution in [0.3, 0.4) is 0 Å². The van der Waals surface area contributed by atoms with Gasteiger partial charge >= 0.3 is 0 Å². The van der Waals surface area contributed by atoms with Crippen molar-refractivity contribution in [3.63, 3.8) is 0 Å². The van der Waals surface area contributed by atoms with Crippen molar-refractivity contribution in [2.75, 3.05) is 0 Å². The zero-order valence-corrected chi connectivity index (χ0v) is 29.4. The van der Waals surface area contributed by atoms with Gasteiger partial charge in [-0.1, -0.05) is 140 Å². The Morgan fingerprint density at radius 2 is 0.926 bits per heavy atom. The van der Waals surface area contributed by atoms with Gasteiger partial charge in [0.05, 0.1) is 11.0 Å². The minimum absolute atomic E-state index is 0.890. The van der Waals surface area contributed by atoms with Gasteiger partial charge in [-0.3, -0.25) is 0 Å². The molecule has 0 spiro atoms. The second kappa shape index (κ2) is 12.2. The number of fused-ring (bicyclic) bond motifs is 8. The summed E-state index contributed by atoms with van der Waals surface area (Å²) in [5, 5.41) is 7.31. The quantitative estimate of drug-likeness (QED) is 0.176. The van der Waals surface area contributed by atoms with E-state index in [1.165, 1.54) is 60.4 Å². The standard InChI is InChI=1S/C52H33NO/c1-3-13-34(14-4-1)36-16-12-19-40(30-36)45-32-41(33-50-52(45)44-23-9-10-24-49(44)54-50)38-18-11-17-37(29-38)39-26-27-47-46(31-39)51-43-22-8-7-15-35(43)25-28-48(51)53(47)42-20-5-2-6-21-42/h1-33H. The first-order valence-electron chi connectivity index (χ1n) is 18.5. The third kappa shape index (κ3) is 4.88. The zero-order valence-electron chi connectivity index (χ0n) is 29.4. The van der Waals surface area contributed by atoms with E-state index < -0.39 is 0 Å². The molecule has 0 aliphatic heterocycles. The molecule has 0 unspecified atom stereocenters. The summed E-state index contributed by atoms with van der Waals surface area (Å²) in [5.41, 5.74) is 14.7. The van der Waals surface area contributed by atoms with Gasteiger partial charge in [0.1, 0.15) is 11.2 Å². The number of nitrogens with zero attached hydrogens (tertiary/aromatic N) is 1. The Morgan fingerprint density at radius 1 is 0.315 bits per heavy atom. The van der Waals surface area contributed by atoms with Gasteiger partial charge in [0.15, 0.2) is 0 Å². The maximum Gasteiger partial charge on any atom is 0.136 e. The van der Waals surface area contributed by atoms with Crippen molar-refractivity contribution in [2.24, 2.45) is 0 Å². The lowest BCUT2D eigenvalue weighted by molar-refractivity contribution is 0.669. The van der Waals surface area contributed by atoms with Crippen molar-refractivity contribution < 1.29 is 4.42 Å².